The highest BCUT2D eigenvalue weighted by molar-refractivity contribution is 5.15. The van der Waals surface area contributed by atoms with Gasteiger partial charge in [-0.3, -0.25) is 4.90 Å². The van der Waals surface area contributed by atoms with Crippen molar-refractivity contribution in [1.29, 1.82) is 0 Å². The lowest BCUT2D eigenvalue weighted by Crippen LogP contribution is -2.51. The lowest BCUT2D eigenvalue weighted by Gasteiger charge is -2.39. The number of hydrogen-bond donors (Lipinski definition) is 1. The van der Waals surface area contributed by atoms with Gasteiger partial charge in [-0.25, -0.2) is 0 Å². The van der Waals surface area contributed by atoms with Gasteiger partial charge in [-0.1, -0.05) is 44.2 Å². The van der Waals surface area contributed by atoms with Crippen molar-refractivity contribution in [1.82, 2.24) is 4.90 Å². The predicted molar refractivity (Wildman–Crippen MR) is 75.1 cm³/mol. The Hall–Kier alpha value is -0.860. The normalized spacial score (nSPS) is 14.9. The highest BCUT2D eigenvalue weighted by Crippen LogP contribution is 2.18. The molecule has 0 bridgehead atoms. The second-order valence-corrected chi connectivity index (χ2v) is 4.87. The Morgan fingerprint density at radius 3 is 2.29 bits per heavy atom. The summed E-state index contributed by atoms with van der Waals surface area (Å²) in [6, 6.07) is 10.7. The van der Waals surface area contributed by atoms with E-state index in [1.54, 1.807) is 0 Å². The predicted octanol–water partition coefficient (Wildman–Crippen LogP) is 2.68. The molecule has 96 valence electrons. The van der Waals surface area contributed by atoms with Crippen LogP contribution in [0.25, 0.3) is 0 Å². The SMILES string of the molecule is CCN(CCc1ccccc1)C(C)(CC)CN. The number of hydrogen-bond acceptors (Lipinski definition) is 2. The van der Waals surface area contributed by atoms with Crippen LogP contribution >= 0.6 is 0 Å². The molecule has 1 aromatic rings. The summed E-state index contributed by atoms with van der Waals surface area (Å²) in [5, 5.41) is 0. The van der Waals surface area contributed by atoms with Crippen molar-refractivity contribution in [3.63, 3.8) is 0 Å². The largest absolute Gasteiger partial charge is 0.329 e. The van der Waals surface area contributed by atoms with Crippen molar-refractivity contribution in [2.24, 2.45) is 5.73 Å². The van der Waals surface area contributed by atoms with Gasteiger partial charge in [0.2, 0.25) is 0 Å². The van der Waals surface area contributed by atoms with Gasteiger partial charge in [-0.2, -0.15) is 0 Å². The van der Waals surface area contributed by atoms with Gasteiger partial charge in [-0.05, 0) is 31.9 Å². The van der Waals surface area contributed by atoms with Crippen molar-refractivity contribution in [2.75, 3.05) is 19.6 Å². The number of benzene rings is 1. The molecule has 17 heavy (non-hydrogen) atoms. The van der Waals surface area contributed by atoms with E-state index in [-0.39, 0.29) is 5.54 Å². The second-order valence-electron chi connectivity index (χ2n) is 4.87. The average Bonchev–Trinajstić information content (AvgIpc) is 2.40. The zero-order valence-electron chi connectivity index (χ0n) is 11.4. The van der Waals surface area contributed by atoms with E-state index in [1.165, 1.54) is 5.56 Å². The minimum Gasteiger partial charge on any atom is -0.329 e. The molecule has 2 heteroatoms. The summed E-state index contributed by atoms with van der Waals surface area (Å²) in [4.78, 5) is 2.50. The third-order valence-electron chi connectivity index (χ3n) is 3.86. The topological polar surface area (TPSA) is 29.3 Å². The minimum absolute atomic E-state index is 0.142. The summed E-state index contributed by atoms with van der Waals surface area (Å²) in [5.41, 5.74) is 7.47. The molecule has 0 radical (unpaired) electrons. The summed E-state index contributed by atoms with van der Waals surface area (Å²) in [6.07, 6.45) is 2.20. The maximum absolute atomic E-state index is 5.92. The van der Waals surface area contributed by atoms with Gasteiger partial charge in [0.15, 0.2) is 0 Å². The van der Waals surface area contributed by atoms with Crippen molar-refractivity contribution in [3.05, 3.63) is 35.9 Å². The highest BCUT2D eigenvalue weighted by Gasteiger charge is 2.26. The molecule has 0 fully saturated rings. The third-order valence-corrected chi connectivity index (χ3v) is 3.86. The van der Waals surface area contributed by atoms with Crippen LogP contribution in [0.1, 0.15) is 32.8 Å². The fraction of sp³-hybridized carbons (Fsp3) is 0.600. The summed E-state index contributed by atoms with van der Waals surface area (Å²) >= 11 is 0. The van der Waals surface area contributed by atoms with Crippen LogP contribution in [0.15, 0.2) is 30.3 Å². The smallest absolute Gasteiger partial charge is 0.0301 e. The summed E-state index contributed by atoms with van der Waals surface area (Å²) in [6.45, 7) is 9.58. The molecule has 0 heterocycles. The second kappa shape index (κ2) is 6.77. The van der Waals surface area contributed by atoms with E-state index in [2.05, 4.69) is 56.0 Å². The van der Waals surface area contributed by atoms with E-state index in [0.717, 1.165) is 32.5 Å². The molecule has 0 aromatic heterocycles. The van der Waals surface area contributed by atoms with Gasteiger partial charge in [0, 0.05) is 18.6 Å². The first-order valence-corrected chi connectivity index (χ1v) is 6.65. The quantitative estimate of drug-likeness (QED) is 0.786. The molecule has 0 aliphatic rings. The molecule has 1 aromatic carbocycles. The zero-order chi connectivity index (χ0) is 12.7. The third kappa shape index (κ3) is 3.83. The molecule has 2 N–H and O–H groups in total. The Kier molecular flexibility index (Phi) is 5.66. The van der Waals surface area contributed by atoms with Crippen LogP contribution in [0.5, 0.6) is 0 Å². The number of nitrogens with two attached hydrogens (primary N) is 1. The van der Waals surface area contributed by atoms with Crippen molar-refractivity contribution in [2.45, 2.75) is 39.2 Å². The Morgan fingerprint density at radius 1 is 1.18 bits per heavy atom. The maximum atomic E-state index is 5.92. The van der Waals surface area contributed by atoms with Gasteiger partial charge in [0.05, 0.1) is 0 Å². The van der Waals surface area contributed by atoms with Crippen LogP contribution in [0.3, 0.4) is 0 Å². The van der Waals surface area contributed by atoms with E-state index < -0.39 is 0 Å². The molecule has 1 atom stereocenters. The lowest BCUT2D eigenvalue weighted by atomic mass is 9.95. The molecule has 1 rings (SSSR count). The fourth-order valence-corrected chi connectivity index (χ4v) is 2.22. The van der Waals surface area contributed by atoms with Crippen LogP contribution in [-0.2, 0) is 6.42 Å². The standard InChI is InChI=1S/C15H26N2/c1-4-15(3,13-16)17(5-2)12-11-14-9-7-6-8-10-14/h6-10H,4-5,11-13,16H2,1-3H3. The van der Waals surface area contributed by atoms with Crippen LogP contribution < -0.4 is 5.73 Å². The molecule has 2 nitrogen and oxygen atoms in total. The van der Waals surface area contributed by atoms with E-state index in [1.807, 2.05) is 0 Å². The van der Waals surface area contributed by atoms with E-state index in [0.29, 0.717) is 0 Å². The lowest BCUT2D eigenvalue weighted by molar-refractivity contribution is 0.114. The molecular weight excluding hydrogens is 208 g/mol. The van der Waals surface area contributed by atoms with E-state index >= 15 is 0 Å². The Morgan fingerprint density at radius 2 is 1.82 bits per heavy atom. The van der Waals surface area contributed by atoms with Gasteiger partial charge < -0.3 is 5.73 Å². The minimum atomic E-state index is 0.142. The van der Waals surface area contributed by atoms with Crippen LogP contribution in [0.4, 0.5) is 0 Å². The number of nitrogens with zero attached hydrogens (tertiary/aromatic N) is 1. The Labute approximate surface area is 106 Å². The molecule has 1 unspecified atom stereocenters. The van der Waals surface area contributed by atoms with Gasteiger partial charge in [0.1, 0.15) is 0 Å². The molecule has 0 amide bonds. The first-order chi connectivity index (χ1) is 8.16. The first-order valence-electron chi connectivity index (χ1n) is 6.65. The zero-order valence-corrected chi connectivity index (χ0v) is 11.4. The van der Waals surface area contributed by atoms with Gasteiger partial charge >= 0.3 is 0 Å². The van der Waals surface area contributed by atoms with Crippen LogP contribution in [0.2, 0.25) is 0 Å². The number of likely N-dealkylation sites (N-methyl/N-ethyl adjacent to an activating group) is 1. The summed E-state index contributed by atoms with van der Waals surface area (Å²) < 4.78 is 0. The van der Waals surface area contributed by atoms with Crippen molar-refractivity contribution < 1.29 is 0 Å². The molecular formula is C15H26N2. The summed E-state index contributed by atoms with van der Waals surface area (Å²) in [5.74, 6) is 0. The van der Waals surface area contributed by atoms with Crippen LogP contribution in [0, 0.1) is 0 Å². The average molecular weight is 234 g/mol. The van der Waals surface area contributed by atoms with Gasteiger partial charge in [0.25, 0.3) is 0 Å². The molecule has 0 saturated carbocycles. The van der Waals surface area contributed by atoms with Crippen molar-refractivity contribution in [3.8, 4) is 0 Å². The molecule has 0 aliphatic carbocycles. The Balaban J connectivity index is 2.59. The van der Waals surface area contributed by atoms with E-state index in [4.69, 9.17) is 5.73 Å². The first kappa shape index (κ1) is 14.2. The monoisotopic (exact) mass is 234 g/mol. The summed E-state index contributed by atoms with van der Waals surface area (Å²) in [7, 11) is 0. The fourth-order valence-electron chi connectivity index (χ4n) is 2.22. The highest BCUT2D eigenvalue weighted by atomic mass is 15.2. The Bertz CT molecular complexity index is 304. The maximum Gasteiger partial charge on any atom is 0.0301 e. The number of rotatable bonds is 7. The van der Waals surface area contributed by atoms with Gasteiger partial charge in [-0.15, -0.1) is 0 Å². The van der Waals surface area contributed by atoms with Crippen LogP contribution in [-0.4, -0.2) is 30.1 Å². The molecule has 0 saturated heterocycles. The molecule has 0 aliphatic heterocycles. The molecule has 0 spiro atoms. The van der Waals surface area contributed by atoms with E-state index in [9.17, 15) is 0 Å². The van der Waals surface area contributed by atoms with Crippen molar-refractivity contribution >= 4 is 0 Å².